The molecule has 5 nitrogen and oxygen atoms in total. The van der Waals surface area contributed by atoms with Gasteiger partial charge in [0.2, 0.25) is 0 Å². The molecule has 16 heavy (non-hydrogen) atoms. The van der Waals surface area contributed by atoms with Crippen LogP contribution in [-0.2, 0) is 13.1 Å². The molecule has 5 heteroatoms. The monoisotopic (exact) mass is 223 g/mol. The molecule has 0 radical (unpaired) electrons. The molecule has 0 aliphatic carbocycles. The van der Waals surface area contributed by atoms with Crippen LogP contribution >= 0.6 is 0 Å². The van der Waals surface area contributed by atoms with E-state index in [1.54, 1.807) is 0 Å². The van der Waals surface area contributed by atoms with E-state index in [9.17, 15) is 0 Å². The van der Waals surface area contributed by atoms with Gasteiger partial charge in [-0.05, 0) is 20.4 Å². The lowest BCUT2D eigenvalue weighted by atomic mass is 10.0. The highest BCUT2D eigenvalue weighted by atomic mass is 15.3. The first-order valence-corrected chi connectivity index (χ1v) is 5.95. The van der Waals surface area contributed by atoms with E-state index >= 15 is 0 Å². The third kappa shape index (κ3) is 2.59. The number of aromatic nitrogens is 3. The van der Waals surface area contributed by atoms with Gasteiger partial charge in [0.25, 0.3) is 0 Å². The van der Waals surface area contributed by atoms with E-state index in [4.69, 9.17) is 0 Å². The van der Waals surface area contributed by atoms with Gasteiger partial charge in [-0.3, -0.25) is 4.90 Å². The molecule has 1 aromatic rings. The number of rotatable bonds is 4. The van der Waals surface area contributed by atoms with Gasteiger partial charge in [0.1, 0.15) is 12.2 Å². The number of hydrogen-bond donors (Lipinski definition) is 1. The predicted octanol–water partition coefficient (Wildman–Crippen LogP) is 0.482. The van der Waals surface area contributed by atoms with Gasteiger partial charge < -0.3 is 9.88 Å². The molecule has 0 atom stereocenters. The zero-order chi connectivity index (χ0) is 11.6. The Morgan fingerprint density at radius 3 is 3.00 bits per heavy atom. The number of nitrogens with zero attached hydrogens (tertiary/aromatic N) is 4. The van der Waals surface area contributed by atoms with Crippen molar-refractivity contribution in [1.29, 1.82) is 0 Å². The molecule has 0 saturated carbocycles. The van der Waals surface area contributed by atoms with Crippen molar-refractivity contribution in [1.82, 2.24) is 25.0 Å². The fraction of sp³-hybridized carbons (Fsp3) is 0.818. The molecule has 90 valence electrons. The molecule has 1 aromatic heterocycles. The van der Waals surface area contributed by atoms with Crippen LogP contribution in [0.1, 0.15) is 26.6 Å². The van der Waals surface area contributed by atoms with E-state index in [0.29, 0.717) is 0 Å². The van der Waals surface area contributed by atoms with Gasteiger partial charge in [-0.1, -0.05) is 6.92 Å². The van der Waals surface area contributed by atoms with Crippen LogP contribution in [0.5, 0.6) is 0 Å². The third-order valence-electron chi connectivity index (χ3n) is 2.99. The zero-order valence-corrected chi connectivity index (χ0v) is 10.4. The number of likely N-dealkylation sites (N-methyl/N-ethyl adjacent to an activating group) is 1. The Balaban J connectivity index is 1.94. The topological polar surface area (TPSA) is 46.0 Å². The average Bonchev–Trinajstić information content (AvgIpc) is 2.63. The maximum Gasteiger partial charge on any atom is 0.147 e. The van der Waals surface area contributed by atoms with Crippen LogP contribution in [0.25, 0.3) is 0 Å². The van der Waals surface area contributed by atoms with Crippen LogP contribution in [0.2, 0.25) is 0 Å². The Hall–Kier alpha value is -0.940. The molecule has 1 N–H and O–H groups in total. The van der Waals surface area contributed by atoms with Crippen molar-refractivity contribution in [2.45, 2.75) is 39.4 Å². The Bertz CT molecular complexity index is 344. The van der Waals surface area contributed by atoms with Crippen LogP contribution in [0.15, 0.2) is 6.33 Å². The second-order valence-corrected chi connectivity index (χ2v) is 5.07. The molecular weight excluding hydrogens is 202 g/mol. The molecule has 1 aliphatic rings. The summed E-state index contributed by atoms with van der Waals surface area (Å²) in [5.41, 5.74) is 0.164. The number of hydrogen-bond acceptors (Lipinski definition) is 4. The van der Waals surface area contributed by atoms with E-state index in [1.165, 1.54) is 0 Å². The molecule has 1 aliphatic heterocycles. The average molecular weight is 223 g/mol. The summed E-state index contributed by atoms with van der Waals surface area (Å²) in [6, 6.07) is 0. The Labute approximate surface area is 96.8 Å². The summed E-state index contributed by atoms with van der Waals surface area (Å²) in [4.78, 5) is 2.44. The molecule has 2 rings (SSSR count). The van der Waals surface area contributed by atoms with Crippen molar-refractivity contribution in [2.24, 2.45) is 0 Å². The summed E-state index contributed by atoms with van der Waals surface area (Å²) in [7, 11) is 0. The summed E-state index contributed by atoms with van der Waals surface area (Å²) in [6.07, 6.45) is 1.82. The molecule has 0 aromatic carbocycles. The van der Waals surface area contributed by atoms with Gasteiger partial charge in [-0.2, -0.15) is 0 Å². The van der Waals surface area contributed by atoms with Crippen molar-refractivity contribution in [3.8, 4) is 0 Å². The largest absolute Gasteiger partial charge is 0.315 e. The van der Waals surface area contributed by atoms with Gasteiger partial charge >= 0.3 is 0 Å². The van der Waals surface area contributed by atoms with Gasteiger partial charge in [0.05, 0.1) is 6.54 Å². The fourth-order valence-electron chi connectivity index (χ4n) is 2.34. The first-order chi connectivity index (χ1) is 7.61. The molecule has 0 unspecified atom stereocenters. The van der Waals surface area contributed by atoms with Crippen LogP contribution in [0, 0.1) is 0 Å². The van der Waals surface area contributed by atoms with Crippen LogP contribution in [0.4, 0.5) is 0 Å². The highest BCUT2D eigenvalue weighted by Crippen LogP contribution is 2.13. The lowest BCUT2D eigenvalue weighted by Crippen LogP contribution is -2.50. The fourth-order valence-corrected chi connectivity index (χ4v) is 2.34. The summed E-state index contributed by atoms with van der Waals surface area (Å²) in [5.74, 6) is 1.08. The third-order valence-corrected chi connectivity index (χ3v) is 2.99. The minimum absolute atomic E-state index is 0.164. The quantitative estimate of drug-likeness (QED) is 0.806. The van der Waals surface area contributed by atoms with E-state index in [2.05, 4.69) is 45.8 Å². The normalized spacial score (nSPS) is 17.4. The Morgan fingerprint density at radius 2 is 2.25 bits per heavy atom. The summed E-state index contributed by atoms with van der Waals surface area (Å²) >= 11 is 0. The minimum Gasteiger partial charge on any atom is -0.315 e. The van der Waals surface area contributed by atoms with E-state index in [-0.39, 0.29) is 5.54 Å². The Morgan fingerprint density at radius 1 is 1.44 bits per heavy atom. The van der Waals surface area contributed by atoms with Crippen molar-refractivity contribution in [3.63, 3.8) is 0 Å². The van der Waals surface area contributed by atoms with Crippen molar-refractivity contribution < 1.29 is 0 Å². The molecule has 0 bridgehead atoms. The summed E-state index contributed by atoms with van der Waals surface area (Å²) < 4.78 is 2.14. The second kappa shape index (κ2) is 4.51. The Kier molecular flexibility index (Phi) is 3.25. The first kappa shape index (κ1) is 11.5. The van der Waals surface area contributed by atoms with Gasteiger partial charge in [0, 0.05) is 25.2 Å². The summed E-state index contributed by atoms with van der Waals surface area (Å²) in [6.45, 7) is 11.7. The maximum absolute atomic E-state index is 4.13. The first-order valence-electron chi connectivity index (χ1n) is 5.95. The lowest BCUT2D eigenvalue weighted by molar-refractivity contribution is 0.164. The molecule has 0 saturated heterocycles. The molecular formula is C11H21N5. The summed E-state index contributed by atoms with van der Waals surface area (Å²) in [5, 5.41) is 11.6. The van der Waals surface area contributed by atoms with Gasteiger partial charge in [0.15, 0.2) is 0 Å². The maximum atomic E-state index is 4.13. The lowest BCUT2D eigenvalue weighted by Gasteiger charge is -2.35. The second-order valence-electron chi connectivity index (χ2n) is 5.07. The van der Waals surface area contributed by atoms with Crippen molar-refractivity contribution in [2.75, 3.05) is 19.6 Å². The van der Waals surface area contributed by atoms with Crippen LogP contribution < -0.4 is 5.32 Å². The van der Waals surface area contributed by atoms with E-state index in [0.717, 1.165) is 38.5 Å². The van der Waals surface area contributed by atoms with E-state index < -0.39 is 0 Å². The van der Waals surface area contributed by atoms with Crippen molar-refractivity contribution in [3.05, 3.63) is 12.2 Å². The van der Waals surface area contributed by atoms with Gasteiger partial charge in [-0.15, -0.1) is 10.2 Å². The highest BCUT2D eigenvalue weighted by Gasteiger charge is 2.24. The SMILES string of the molecule is CCNC(C)(C)CN1CCn2cnnc2C1. The van der Waals surface area contributed by atoms with E-state index in [1.807, 2.05) is 6.33 Å². The molecule has 2 heterocycles. The standard InChI is InChI=1S/C11H21N5/c1-4-12-11(2,3)8-15-5-6-16-9-13-14-10(16)7-15/h9,12H,4-8H2,1-3H3. The van der Waals surface area contributed by atoms with Gasteiger partial charge in [-0.25, -0.2) is 0 Å². The smallest absolute Gasteiger partial charge is 0.147 e. The zero-order valence-electron chi connectivity index (χ0n) is 10.4. The molecule has 0 fully saturated rings. The predicted molar refractivity (Wildman–Crippen MR) is 63.1 cm³/mol. The van der Waals surface area contributed by atoms with Crippen LogP contribution in [-0.4, -0.2) is 44.8 Å². The highest BCUT2D eigenvalue weighted by molar-refractivity contribution is 4.92. The van der Waals surface area contributed by atoms with Crippen molar-refractivity contribution >= 4 is 0 Å². The number of nitrogens with one attached hydrogen (secondary N) is 1. The molecule has 0 amide bonds. The molecule has 0 spiro atoms. The number of fused-ring (bicyclic) bond motifs is 1. The van der Waals surface area contributed by atoms with Crippen LogP contribution in [0.3, 0.4) is 0 Å². The minimum atomic E-state index is 0.164.